The highest BCUT2D eigenvalue weighted by molar-refractivity contribution is 7.92. The predicted octanol–water partition coefficient (Wildman–Crippen LogP) is 3.07. The molecule has 43 heavy (non-hydrogen) atoms. The Hall–Kier alpha value is -3.94. The van der Waals surface area contributed by atoms with Crippen molar-refractivity contribution in [1.82, 2.24) is 15.0 Å². The number of carboxylic acid groups (broad SMARTS) is 1. The molecule has 2 aromatic carbocycles. The fraction of sp³-hybridized carbons (Fsp3) is 0.433. The van der Waals surface area contributed by atoms with Crippen LogP contribution in [-0.2, 0) is 27.8 Å². The van der Waals surface area contributed by atoms with Crippen LogP contribution in [0.3, 0.4) is 0 Å². The third kappa shape index (κ3) is 7.53. The van der Waals surface area contributed by atoms with Crippen LogP contribution in [0.2, 0.25) is 0 Å². The van der Waals surface area contributed by atoms with E-state index >= 15 is 0 Å². The van der Waals surface area contributed by atoms with Crippen LogP contribution in [0.4, 0.5) is 5.69 Å². The second kappa shape index (κ2) is 13.1. The van der Waals surface area contributed by atoms with Crippen molar-refractivity contribution in [1.29, 1.82) is 0 Å². The topological polar surface area (TPSA) is 163 Å². The summed E-state index contributed by atoms with van der Waals surface area (Å²) in [6.07, 6.45) is -0.419. The van der Waals surface area contributed by atoms with Gasteiger partial charge in [-0.25, -0.2) is 13.2 Å². The molecule has 0 unspecified atom stereocenters. The van der Waals surface area contributed by atoms with Crippen molar-refractivity contribution >= 4 is 27.6 Å². The Bertz CT molecular complexity index is 1550. The molecule has 0 aliphatic carbocycles. The van der Waals surface area contributed by atoms with E-state index in [0.29, 0.717) is 30.9 Å². The third-order valence-corrected chi connectivity index (χ3v) is 9.18. The number of nitrogens with one attached hydrogen (secondary N) is 1. The Morgan fingerprint density at radius 2 is 1.91 bits per heavy atom. The minimum absolute atomic E-state index is 0.0409. The second-order valence-electron chi connectivity index (χ2n) is 11.2. The molecule has 3 atom stereocenters. The lowest BCUT2D eigenvalue weighted by Gasteiger charge is -2.34. The number of amides is 1. The number of benzene rings is 2. The van der Waals surface area contributed by atoms with Crippen molar-refractivity contribution < 1.29 is 37.5 Å². The summed E-state index contributed by atoms with van der Waals surface area (Å²) in [6, 6.07) is 11.1. The highest BCUT2D eigenvalue weighted by Gasteiger charge is 2.32. The van der Waals surface area contributed by atoms with E-state index in [-0.39, 0.29) is 58.6 Å². The molecule has 0 saturated heterocycles. The summed E-state index contributed by atoms with van der Waals surface area (Å²) in [5.41, 5.74) is 2.14. The van der Waals surface area contributed by atoms with Crippen molar-refractivity contribution in [2.45, 2.75) is 57.7 Å². The van der Waals surface area contributed by atoms with E-state index in [9.17, 15) is 28.2 Å². The minimum Gasteiger partial charge on any atom is -0.488 e. The quantitative estimate of drug-likeness (QED) is 0.309. The van der Waals surface area contributed by atoms with Crippen LogP contribution in [0.15, 0.2) is 51.9 Å². The van der Waals surface area contributed by atoms with Crippen LogP contribution in [-0.4, -0.2) is 84.4 Å². The minimum atomic E-state index is -4.01. The number of hydrogen-bond donors (Lipinski definition) is 3. The molecule has 3 aromatic rings. The number of rotatable bonds is 10. The number of carboxylic acids is 1. The fourth-order valence-corrected chi connectivity index (χ4v) is 6.59. The number of carbonyl (C=O) groups excluding carboxylic acids is 1. The Kier molecular flexibility index (Phi) is 9.78. The van der Waals surface area contributed by atoms with Crippen molar-refractivity contribution in [3.05, 3.63) is 70.6 Å². The molecule has 1 aromatic heterocycles. The molecule has 0 radical (unpaired) electrons. The number of nitrogens with zero attached hydrogens (tertiary/aromatic N) is 3. The molecule has 1 aliphatic heterocycles. The molecule has 13 heteroatoms. The summed E-state index contributed by atoms with van der Waals surface area (Å²) in [6.45, 7) is 8.00. The first kappa shape index (κ1) is 32.0. The van der Waals surface area contributed by atoms with Gasteiger partial charge in [-0.2, -0.15) is 0 Å². The Labute approximate surface area is 251 Å². The Morgan fingerprint density at radius 1 is 1.21 bits per heavy atom. The number of aryl methyl sites for hydroxylation is 2. The van der Waals surface area contributed by atoms with Crippen LogP contribution in [0.1, 0.15) is 46.8 Å². The number of aliphatic hydroxyl groups excluding tert-OH is 1. The monoisotopic (exact) mass is 614 g/mol. The number of aromatic nitrogens is 1. The molecular weight excluding hydrogens is 576 g/mol. The average Bonchev–Trinajstić information content (AvgIpc) is 3.31. The van der Waals surface area contributed by atoms with Crippen LogP contribution < -0.4 is 9.46 Å². The molecule has 2 heterocycles. The number of hydrogen-bond acceptors (Lipinski definition) is 9. The SMILES string of the molecule is Cc1noc(C)c1S(=O)(=O)Nc1ccc2c(c1)CC(=O)N([C@@H](C)CO)C[C@H](C)[C@H](CN(C)Cc1ccc(C(=O)O)cc1)O2. The van der Waals surface area contributed by atoms with Gasteiger partial charge in [0.1, 0.15) is 17.5 Å². The molecule has 0 bridgehead atoms. The summed E-state index contributed by atoms with van der Waals surface area (Å²) in [7, 11) is -2.08. The van der Waals surface area contributed by atoms with Gasteiger partial charge in [-0.15, -0.1) is 0 Å². The molecule has 1 aliphatic rings. The van der Waals surface area contributed by atoms with Crippen molar-refractivity contribution in [3.8, 4) is 5.75 Å². The zero-order valence-corrected chi connectivity index (χ0v) is 25.7. The van der Waals surface area contributed by atoms with Crippen molar-refractivity contribution in [2.24, 2.45) is 5.92 Å². The van der Waals surface area contributed by atoms with Crippen LogP contribution in [0.5, 0.6) is 5.75 Å². The number of sulfonamides is 1. The highest BCUT2D eigenvalue weighted by atomic mass is 32.2. The zero-order chi connectivity index (χ0) is 31.5. The van der Waals surface area contributed by atoms with Gasteiger partial charge >= 0.3 is 5.97 Å². The lowest BCUT2D eigenvalue weighted by Crippen LogP contribution is -2.47. The number of anilines is 1. The molecule has 4 rings (SSSR count). The smallest absolute Gasteiger partial charge is 0.335 e. The molecule has 1 amide bonds. The van der Waals surface area contributed by atoms with Gasteiger partial charge < -0.3 is 24.4 Å². The Morgan fingerprint density at radius 3 is 2.51 bits per heavy atom. The van der Waals surface area contributed by atoms with E-state index in [1.165, 1.54) is 6.92 Å². The number of carbonyl (C=O) groups is 2. The fourth-order valence-electron chi connectivity index (χ4n) is 5.21. The van der Waals surface area contributed by atoms with Crippen molar-refractivity contribution in [2.75, 3.05) is 31.5 Å². The molecule has 0 fully saturated rings. The standard InChI is InChI=1S/C30H38N4O8S/c1-18-14-34(19(2)17-35)28(36)13-24-12-25(32-43(39,40)29-20(3)31-42-21(29)4)10-11-26(24)41-27(18)16-33(5)15-22-6-8-23(9-7-22)30(37)38/h6-12,18-19,27,32,35H,13-17H2,1-5H3,(H,37,38)/t18-,19-,27-/m0/s1. The largest absolute Gasteiger partial charge is 0.488 e. The van der Waals surface area contributed by atoms with Gasteiger partial charge in [0, 0.05) is 36.8 Å². The summed E-state index contributed by atoms with van der Waals surface area (Å²) < 4.78 is 40.4. The average molecular weight is 615 g/mol. The summed E-state index contributed by atoms with van der Waals surface area (Å²) in [5.74, 6) is -0.695. The van der Waals surface area contributed by atoms with Crippen LogP contribution in [0, 0.1) is 19.8 Å². The molecular formula is C30H38N4O8S. The van der Waals surface area contributed by atoms with Crippen LogP contribution in [0.25, 0.3) is 0 Å². The molecule has 232 valence electrons. The van der Waals surface area contributed by atoms with E-state index in [2.05, 4.69) is 14.8 Å². The van der Waals surface area contributed by atoms with Gasteiger partial charge in [0.05, 0.1) is 24.6 Å². The van der Waals surface area contributed by atoms with E-state index in [0.717, 1.165) is 5.56 Å². The Balaban J connectivity index is 1.62. The molecule has 0 saturated carbocycles. The third-order valence-electron chi connectivity index (χ3n) is 7.55. The normalized spacial score (nSPS) is 18.3. The molecule has 12 nitrogen and oxygen atoms in total. The van der Waals surface area contributed by atoms with E-state index < -0.39 is 22.0 Å². The van der Waals surface area contributed by atoms with Crippen LogP contribution >= 0.6 is 0 Å². The first-order chi connectivity index (χ1) is 20.3. The van der Waals surface area contributed by atoms with Gasteiger partial charge in [0.25, 0.3) is 10.0 Å². The molecule has 3 N–H and O–H groups in total. The van der Waals surface area contributed by atoms with Gasteiger partial charge in [-0.1, -0.05) is 24.2 Å². The number of aromatic carboxylic acids is 1. The van der Waals surface area contributed by atoms with Crippen molar-refractivity contribution in [3.63, 3.8) is 0 Å². The van der Waals surface area contributed by atoms with Gasteiger partial charge in [-0.3, -0.25) is 14.4 Å². The maximum atomic E-state index is 13.5. The second-order valence-corrected chi connectivity index (χ2v) is 12.8. The first-order valence-corrected chi connectivity index (χ1v) is 15.4. The first-order valence-electron chi connectivity index (χ1n) is 14.0. The van der Waals surface area contributed by atoms with Gasteiger partial charge in [0.15, 0.2) is 10.7 Å². The van der Waals surface area contributed by atoms with Gasteiger partial charge in [0.2, 0.25) is 5.91 Å². The number of fused-ring (bicyclic) bond motifs is 1. The van der Waals surface area contributed by atoms with E-state index in [1.54, 1.807) is 61.2 Å². The summed E-state index contributed by atoms with van der Waals surface area (Å²) in [5, 5.41) is 22.8. The zero-order valence-electron chi connectivity index (χ0n) is 24.9. The predicted molar refractivity (Wildman–Crippen MR) is 159 cm³/mol. The lowest BCUT2D eigenvalue weighted by atomic mass is 10.0. The maximum Gasteiger partial charge on any atom is 0.335 e. The summed E-state index contributed by atoms with van der Waals surface area (Å²) >= 11 is 0. The van der Waals surface area contributed by atoms with E-state index in [1.807, 2.05) is 14.0 Å². The number of ether oxygens (including phenoxy) is 1. The maximum absolute atomic E-state index is 13.5. The molecule has 0 spiro atoms. The highest BCUT2D eigenvalue weighted by Crippen LogP contribution is 2.31. The van der Waals surface area contributed by atoms with E-state index in [4.69, 9.17) is 9.26 Å². The van der Waals surface area contributed by atoms with Gasteiger partial charge in [-0.05, 0) is 63.7 Å². The number of aliphatic hydroxyl groups is 1. The lowest BCUT2D eigenvalue weighted by molar-refractivity contribution is -0.134. The number of likely N-dealkylation sites (N-methyl/N-ethyl adjacent to an activating group) is 1. The summed E-state index contributed by atoms with van der Waals surface area (Å²) in [4.78, 5) is 28.4.